The number of rotatable bonds is 3. The monoisotopic (exact) mass is 220 g/mol. The van der Waals surface area contributed by atoms with Crippen LogP contribution in [0.4, 0.5) is 0 Å². The molecule has 0 aliphatic carbocycles. The quantitative estimate of drug-likeness (QED) is 0.808. The van der Waals surface area contributed by atoms with Crippen LogP contribution in [0.2, 0.25) is 0 Å². The number of fused-ring (bicyclic) bond motifs is 1. The van der Waals surface area contributed by atoms with Crippen LogP contribution in [0.25, 0.3) is 11.1 Å². The average Bonchev–Trinajstić information content (AvgIpc) is 2.58. The molecule has 2 aromatic rings. The molecule has 0 unspecified atom stereocenters. The summed E-state index contributed by atoms with van der Waals surface area (Å²) in [6, 6.07) is 4.63. The molecule has 0 bridgehead atoms. The fraction of sp³-hybridized carbons (Fsp3) is 0.273. The Morgan fingerprint density at radius 1 is 1.62 bits per heavy atom. The number of hydrogen-bond acceptors (Lipinski definition) is 4. The third-order valence-corrected chi connectivity index (χ3v) is 2.30. The Hall–Kier alpha value is -1.88. The molecule has 0 radical (unpaired) electrons. The highest BCUT2D eigenvalue weighted by atomic mass is 16.4. The topological polar surface area (TPSA) is 89.3 Å². The molecule has 0 aliphatic rings. The molecule has 3 N–H and O–H groups in total. The van der Waals surface area contributed by atoms with E-state index in [1.165, 1.54) is 0 Å². The second-order valence-corrected chi connectivity index (χ2v) is 3.73. The fourth-order valence-corrected chi connectivity index (χ4v) is 1.45. The first-order valence-electron chi connectivity index (χ1n) is 4.91. The first-order chi connectivity index (χ1) is 7.56. The summed E-state index contributed by atoms with van der Waals surface area (Å²) in [6.45, 7) is 1.96. The zero-order valence-electron chi connectivity index (χ0n) is 8.80. The highest BCUT2D eigenvalue weighted by Gasteiger charge is 2.16. The molecule has 84 valence electrons. The molecule has 0 aliphatic heterocycles. The van der Waals surface area contributed by atoms with E-state index in [9.17, 15) is 4.79 Å². The molecule has 0 saturated heterocycles. The van der Waals surface area contributed by atoms with Crippen molar-refractivity contribution in [1.29, 1.82) is 0 Å². The van der Waals surface area contributed by atoms with Crippen molar-refractivity contribution < 1.29 is 14.3 Å². The third-order valence-electron chi connectivity index (χ3n) is 2.30. The van der Waals surface area contributed by atoms with Gasteiger partial charge < -0.3 is 15.3 Å². The second-order valence-electron chi connectivity index (χ2n) is 3.73. The molecule has 5 heteroatoms. The summed E-state index contributed by atoms with van der Waals surface area (Å²) in [5, 5.41) is 8.67. The van der Waals surface area contributed by atoms with E-state index < -0.39 is 12.0 Å². The number of carboxylic acid groups (broad SMARTS) is 1. The molecule has 2 rings (SSSR count). The van der Waals surface area contributed by atoms with Crippen molar-refractivity contribution in [3.8, 4) is 0 Å². The van der Waals surface area contributed by atoms with Gasteiger partial charge in [-0.05, 0) is 24.6 Å². The zero-order chi connectivity index (χ0) is 11.7. The van der Waals surface area contributed by atoms with Crippen molar-refractivity contribution >= 4 is 17.1 Å². The summed E-state index contributed by atoms with van der Waals surface area (Å²) in [5.41, 5.74) is 7.86. The lowest BCUT2D eigenvalue weighted by Gasteiger charge is -2.00. The average molecular weight is 220 g/mol. The molecule has 1 heterocycles. The van der Waals surface area contributed by atoms with Gasteiger partial charge in [0.1, 0.15) is 11.6 Å². The maximum absolute atomic E-state index is 10.6. The minimum absolute atomic E-state index is 0.100. The lowest BCUT2D eigenvalue weighted by molar-refractivity contribution is -0.138. The Morgan fingerprint density at radius 2 is 2.38 bits per heavy atom. The molecule has 16 heavy (non-hydrogen) atoms. The van der Waals surface area contributed by atoms with Crippen LogP contribution in [0.5, 0.6) is 0 Å². The number of carboxylic acids is 1. The highest BCUT2D eigenvalue weighted by molar-refractivity contribution is 5.75. The van der Waals surface area contributed by atoms with E-state index in [0.717, 1.165) is 11.1 Å². The Morgan fingerprint density at radius 3 is 3.06 bits per heavy atom. The number of nitrogens with two attached hydrogens (primary N) is 1. The molecule has 0 spiro atoms. The summed E-state index contributed by atoms with van der Waals surface area (Å²) in [6.07, 6.45) is 0.100. The van der Waals surface area contributed by atoms with E-state index in [4.69, 9.17) is 15.3 Å². The van der Waals surface area contributed by atoms with Crippen LogP contribution >= 0.6 is 0 Å². The molecular weight excluding hydrogens is 208 g/mol. The molecule has 1 aromatic heterocycles. The van der Waals surface area contributed by atoms with Crippen molar-refractivity contribution in [3.63, 3.8) is 0 Å². The van der Waals surface area contributed by atoms with Gasteiger partial charge in [-0.15, -0.1) is 0 Å². The number of carbonyl (C=O) groups is 1. The van der Waals surface area contributed by atoms with Crippen LogP contribution in [0.3, 0.4) is 0 Å². The van der Waals surface area contributed by atoms with Gasteiger partial charge in [0.15, 0.2) is 11.5 Å². The Bertz CT molecular complexity index is 533. The van der Waals surface area contributed by atoms with E-state index in [1.807, 2.05) is 25.1 Å². The number of nitrogens with zero attached hydrogens (tertiary/aromatic N) is 1. The standard InChI is InChI=1S/C11H12N2O3/c1-6-2-3-9-8(4-6)13-10(16-9)5-7(12)11(14)15/h2-4,7H,5,12H2,1H3,(H,14,15)/t7-/m1/s1. The van der Waals surface area contributed by atoms with E-state index in [1.54, 1.807) is 0 Å². The van der Waals surface area contributed by atoms with E-state index >= 15 is 0 Å². The Balaban J connectivity index is 2.29. The summed E-state index contributed by atoms with van der Waals surface area (Å²) in [5.74, 6) is -0.700. The summed E-state index contributed by atoms with van der Waals surface area (Å²) < 4.78 is 5.39. The van der Waals surface area contributed by atoms with Crippen LogP contribution in [0.15, 0.2) is 22.6 Å². The molecule has 5 nitrogen and oxygen atoms in total. The third kappa shape index (κ3) is 2.04. The van der Waals surface area contributed by atoms with Gasteiger partial charge in [0.05, 0.1) is 6.42 Å². The molecule has 1 aromatic carbocycles. The van der Waals surface area contributed by atoms with Crippen LogP contribution in [0.1, 0.15) is 11.5 Å². The molecule has 0 amide bonds. The van der Waals surface area contributed by atoms with Gasteiger partial charge in [0.2, 0.25) is 0 Å². The van der Waals surface area contributed by atoms with E-state index in [0.29, 0.717) is 11.5 Å². The number of aryl methyl sites for hydroxylation is 1. The first kappa shape index (κ1) is 10.6. The van der Waals surface area contributed by atoms with Crippen LogP contribution < -0.4 is 5.73 Å². The molecule has 0 saturated carbocycles. The summed E-state index contributed by atoms with van der Waals surface area (Å²) >= 11 is 0. The highest BCUT2D eigenvalue weighted by Crippen LogP contribution is 2.17. The lowest BCUT2D eigenvalue weighted by atomic mass is 10.2. The predicted molar refractivity (Wildman–Crippen MR) is 58.1 cm³/mol. The molecule has 0 fully saturated rings. The van der Waals surface area contributed by atoms with Gasteiger partial charge in [-0.3, -0.25) is 4.79 Å². The largest absolute Gasteiger partial charge is 0.480 e. The number of hydrogen-bond donors (Lipinski definition) is 2. The number of oxazole rings is 1. The van der Waals surface area contributed by atoms with Crippen LogP contribution in [-0.4, -0.2) is 22.1 Å². The SMILES string of the molecule is Cc1ccc2oc(C[C@@H](N)C(=O)O)nc2c1. The van der Waals surface area contributed by atoms with Gasteiger partial charge >= 0.3 is 5.97 Å². The van der Waals surface area contributed by atoms with E-state index in [2.05, 4.69) is 4.98 Å². The summed E-state index contributed by atoms with van der Waals surface area (Å²) in [4.78, 5) is 14.8. The number of benzene rings is 1. The Labute approximate surface area is 91.9 Å². The van der Waals surface area contributed by atoms with Gasteiger partial charge in [-0.2, -0.15) is 0 Å². The normalized spacial score (nSPS) is 12.9. The maximum atomic E-state index is 10.6. The van der Waals surface area contributed by atoms with Crippen LogP contribution in [-0.2, 0) is 11.2 Å². The number of aliphatic carboxylic acids is 1. The van der Waals surface area contributed by atoms with Crippen molar-refractivity contribution in [1.82, 2.24) is 4.98 Å². The summed E-state index contributed by atoms with van der Waals surface area (Å²) in [7, 11) is 0. The molecular formula is C11H12N2O3. The first-order valence-corrected chi connectivity index (χ1v) is 4.91. The second kappa shape index (κ2) is 3.94. The predicted octanol–water partition coefficient (Wildman–Crippen LogP) is 1.09. The van der Waals surface area contributed by atoms with E-state index in [-0.39, 0.29) is 6.42 Å². The van der Waals surface area contributed by atoms with Gasteiger partial charge in [-0.25, -0.2) is 4.98 Å². The smallest absolute Gasteiger partial charge is 0.321 e. The fourth-order valence-electron chi connectivity index (χ4n) is 1.45. The minimum atomic E-state index is -1.06. The zero-order valence-corrected chi connectivity index (χ0v) is 8.80. The number of aromatic nitrogens is 1. The lowest BCUT2D eigenvalue weighted by Crippen LogP contribution is -2.32. The van der Waals surface area contributed by atoms with Crippen molar-refractivity contribution in [2.75, 3.05) is 0 Å². The van der Waals surface area contributed by atoms with Crippen molar-refractivity contribution in [2.24, 2.45) is 5.73 Å². The Kier molecular flexibility index (Phi) is 2.62. The van der Waals surface area contributed by atoms with Crippen molar-refractivity contribution in [3.05, 3.63) is 29.7 Å². The van der Waals surface area contributed by atoms with Crippen molar-refractivity contribution in [2.45, 2.75) is 19.4 Å². The van der Waals surface area contributed by atoms with Gasteiger partial charge in [-0.1, -0.05) is 6.07 Å². The van der Waals surface area contributed by atoms with Gasteiger partial charge in [0, 0.05) is 0 Å². The maximum Gasteiger partial charge on any atom is 0.321 e. The molecule has 1 atom stereocenters. The minimum Gasteiger partial charge on any atom is -0.480 e. The van der Waals surface area contributed by atoms with Crippen LogP contribution in [0, 0.1) is 6.92 Å². The van der Waals surface area contributed by atoms with Gasteiger partial charge in [0.25, 0.3) is 0 Å².